The summed E-state index contributed by atoms with van der Waals surface area (Å²) in [6.45, 7) is 5.24. The zero-order valence-corrected chi connectivity index (χ0v) is 11.1. The largest absolute Gasteiger partial charge is 0.481 e. The van der Waals surface area contributed by atoms with Gasteiger partial charge in [-0.15, -0.1) is 11.3 Å². The molecule has 3 unspecified atom stereocenters. The number of aliphatic carboxylic acids is 1. The standard InChI is InChI=1S/C13H19NO2S/c1-9-8-11(13(15)16)5-6-14(9)10(2)12-4-3-7-17-12/h3-4,7,9-11H,5-6,8H2,1-2H3,(H,15,16). The average molecular weight is 253 g/mol. The van der Waals surface area contributed by atoms with Crippen molar-refractivity contribution < 1.29 is 9.90 Å². The number of nitrogens with zero attached hydrogens (tertiary/aromatic N) is 1. The summed E-state index contributed by atoms with van der Waals surface area (Å²) in [6.07, 6.45) is 1.54. The zero-order valence-electron chi connectivity index (χ0n) is 10.3. The number of carbonyl (C=O) groups is 1. The Kier molecular flexibility index (Phi) is 3.84. The molecule has 1 aliphatic rings. The van der Waals surface area contributed by atoms with Gasteiger partial charge in [-0.1, -0.05) is 6.07 Å². The van der Waals surface area contributed by atoms with Crippen molar-refractivity contribution in [1.82, 2.24) is 4.90 Å². The lowest BCUT2D eigenvalue weighted by Crippen LogP contribution is -2.43. The molecule has 1 N–H and O–H groups in total. The maximum atomic E-state index is 11.0. The number of hydrogen-bond donors (Lipinski definition) is 1. The number of carboxylic acids is 1. The van der Waals surface area contributed by atoms with Gasteiger partial charge >= 0.3 is 5.97 Å². The Hall–Kier alpha value is -0.870. The molecule has 3 nitrogen and oxygen atoms in total. The van der Waals surface area contributed by atoms with Gasteiger partial charge in [-0.2, -0.15) is 0 Å². The van der Waals surface area contributed by atoms with Crippen molar-refractivity contribution in [1.29, 1.82) is 0 Å². The molecule has 94 valence electrons. The topological polar surface area (TPSA) is 40.5 Å². The summed E-state index contributed by atoms with van der Waals surface area (Å²) in [5.41, 5.74) is 0. The highest BCUT2D eigenvalue weighted by Gasteiger charge is 2.32. The first-order chi connectivity index (χ1) is 8.09. The van der Waals surface area contributed by atoms with E-state index in [1.54, 1.807) is 11.3 Å². The normalized spacial score (nSPS) is 27.9. The molecule has 4 heteroatoms. The molecule has 1 aromatic rings. The number of likely N-dealkylation sites (tertiary alicyclic amines) is 1. The van der Waals surface area contributed by atoms with Gasteiger partial charge in [0.25, 0.3) is 0 Å². The number of carboxylic acid groups (broad SMARTS) is 1. The predicted octanol–water partition coefficient (Wildman–Crippen LogP) is 2.99. The molecule has 0 aliphatic carbocycles. The number of thiophene rings is 1. The maximum absolute atomic E-state index is 11.0. The minimum atomic E-state index is -0.639. The van der Waals surface area contributed by atoms with E-state index in [2.05, 4.69) is 36.3 Å². The molecule has 2 heterocycles. The minimum absolute atomic E-state index is 0.156. The molecule has 0 radical (unpaired) electrons. The van der Waals surface area contributed by atoms with Gasteiger partial charge in [-0.25, -0.2) is 0 Å². The molecule has 0 bridgehead atoms. The Morgan fingerprint density at radius 1 is 1.65 bits per heavy atom. The van der Waals surface area contributed by atoms with Crippen molar-refractivity contribution in [3.8, 4) is 0 Å². The van der Waals surface area contributed by atoms with Crippen molar-refractivity contribution in [2.75, 3.05) is 6.54 Å². The van der Waals surface area contributed by atoms with E-state index in [-0.39, 0.29) is 5.92 Å². The lowest BCUT2D eigenvalue weighted by molar-refractivity contribution is -0.144. The summed E-state index contributed by atoms with van der Waals surface area (Å²) in [4.78, 5) is 14.8. The molecule has 1 fully saturated rings. The Balaban J connectivity index is 2.02. The summed E-state index contributed by atoms with van der Waals surface area (Å²) in [5.74, 6) is -0.794. The van der Waals surface area contributed by atoms with Gasteiger partial charge in [0.1, 0.15) is 0 Å². The van der Waals surface area contributed by atoms with Gasteiger partial charge in [0.05, 0.1) is 5.92 Å². The van der Waals surface area contributed by atoms with Gasteiger partial charge in [0.15, 0.2) is 0 Å². The first kappa shape index (κ1) is 12.6. The van der Waals surface area contributed by atoms with Gasteiger partial charge in [0, 0.05) is 17.0 Å². The maximum Gasteiger partial charge on any atom is 0.306 e. The smallest absolute Gasteiger partial charge is 0.306 e. The van der Waals surface area contributed by atoms with Crippen molar-refractivity contribution >= 4 is 17.3 Å². The van der Waals surface area contributed by atoms with Crippen molar-refractivity contribution in [3.63, 3.8) is 0 Å². The quantitative estimate of drug-likeness (QED) is 0.900. The fraction of sp³-hybridized carbons (Fsp3) is 0.615. The number of piperidine rings is 1. The summed E-state index contributed by atoms with van der Waals surface area (Å²) < 4.78 is 0. The lowest BCUT2D eigenvalue weighted by Gasteiger charge is -2.39. The SMILES string of the molecule is CC1CC(C(=O)O)CCN1C(C)c1cccs1. The average Bonchev–Trinajstić information content (AvgIpc) is 2.81. The molecular formula is C13H19NO2S. The molecule has 1 aliphatic heterocycles. The van der Waals surface area contributed by atoms with Gasteiger partial charge in [-0.3, -0.25) is 9.69 Å². The van der Waals surface area contributed by atoms with Crippen LogP contribution in [-0.4, -0.2) is 28.6 Å². The zero-order chi connectivity index (χ0) is 12.4. The third-order valence-electron chi connectivity index (χ3n) is 3.73. The predicted molar refractivity (Wildman–Crippen MR) is 69.3 cm³/mol. The fourth-order valence-corrected chi connectivity index (χ4v) is 3.49. The van der Waals surface area contributed by atoms with Crippen LogP contribution < -0.4 is 0 Å². The Morgan fingerprint density at radius 2 is 2.41 bits per heavy atom. The first-order valence-corrected chi connectivity index (χ1v) is 6.99. The molecule has 17 heavy (non-hydrogen) atoms. The molecule has 0 aromatic carbocycles. The van der Waals surface area contributed by atoms with Crippen LogP contribution in [0.5, 0.6) is 0 Å². The van der Waals surface area contributed by atoms with Crippen LogP contribution in [0.3, 0.4) is 0 Å². The van der Waals surface area contributed by atoms with E-state index < -0.39 is 5.97 Å². The van der Waals surface area contributed by atoms with Gasteiger partial charge < -0.3 is 5.11 Å². The lowest BCUT2D eigenvalue weighted by atomic mass is 9.90. The van der Waals surface area contributed by atoms with Crippen LogP contribution in [0.4, 0.5) is 0 Å². The van der Waals surface area contributed by atoms with Crippen molar-refractivity contribution in [3.05, 3.63) is 22.4 Å². The second-order valence-electron chi connectivity index (χ2n) is 4.84. The van der Waals surface area contributed by atoms with E-state index >= 15 is 0 Å². The highest BCUT2D eigenvalue weighted by atomic mass is 32.1. The first-order valence-electron chi connectivity index (χ1n) is 6.11. The van der Waals surface area contributed by atoms with E-state index in [0.29, 0.717) is 12.1 Å². The summed E-state index contributed by atoms with van der Waals surface area (Å²) in [5, 5.41) is 11.1. The molecule has 1 aromatic heterocycles. The molecule has 0 saturated carbocycles. The second kappa shape index (κ2) is 5.19. The van der Waals surface area contributed by atoms with Crippen molar-refractivity contribution in [2.24, 2.45) is 5.92 Å². The number of rotatable bonds is 3. The monoisotopic (exact) mass is 253 g/mol. The summed E-state index contributed by atoms with van der Waals surface area (Å²) >= 11 is 1.78. The van der Waals surface area contributed by atoms with Crippen LogP contribution in [-0.2, 0) is 4.79 Å². The van der Waals surface area contributed by atoms with Crippen LogP contribution in [0, 0.1) is 5.92 Å². The van der Waals surface area contributed by atoms with Crippen LogP contribution in [0.15, 0.2) is 17.5 Å². The van der Waals surface area contributed by atoms with Crippen LogP contribution in [0.2, 0.25) is 0 Å². The van der Waals surface area contributed by atoms with Crippen LogP contribution >= 0.6 is 11.3 Å². The van der Waals surface area contributed by atoms with E-state index in [9.17, 15) is 4.79 Å². The molecule has 1 saturated heterocycles. The highest BCUT2D eigenvalue weighted by molar-refractivity contribution is 7.10. The number of hydrogen-bond acceptors (Lipinski definition) is 3. The Labute approximate surface area is 106 Å². The highest BCUT2D eigenvalue weighted by Crippen LogP contribution is 2.32. The molecule has 2 rings (SSSR count). The van der Waals surface area contributed by atoms with Crippen LogP contribution in [0.1, 0.15) is 37.6 Å². The third kappa shape index (κ3) is 2.69. The van der Waals surface area contributed by atoms with Gasteiger partial charge in [-0.05, 0) is 44.7 Å². The van der Waals surface area contributed by atoms with Gasteiger partial charge in [0.2, 0.25) is 0 Å². The van der Waals surface area contributed by atoms with E-state index in [0.717, 1.165) is 19.4 Å². The van der Waals surface area contributed by atoms with E-state index in [1.807, 2.05) is 0 Å². The molecular weight excluding hydrogens is 234 g/mol. The fourth-order valence-electron chi connectivity index (χ4n) is 2.68. The van der Waals surface area contributed by atoms with E-state index in [1.165, 1.54) is 4.88 Å². The molecule has 0 spiro atoms. The van der Waals surface area contributed by atoms with Crippen molar-refractivity contribution in [2.45, 2.75) is 38.8 Å². The Bertz CT molecular complexity index is 377. The molecule has 0 amide bonds. The Morgan fingerprint density at radius 3 is 2.94 bits per heavy atom. The second-order valence-corrected chi connectivity index (χ2v) is 5.82. The third-order valence-corrected chi connectivity index (χ3v) is 4.77. The minimum Gasteiger partial charge on any atom is -0.481 e. The molecule has 3 atom stereocenters. The summed E-state index contributed by atoms with van der Waals surface area (Å²) in [6, 6.07) is 4.98. The van der Waals surface area contributed by atoms with Crippen LogP contribution in [0.25, 0.3) is 0 Å². The van der Waals surface area contributed by atoms with E-state index in [4.69, 9.17) is 5.11 Å². The summed E-state index contributed by atoms with van der Waals surface area (Å²) in [7, 11) is 0.